The fourth-order valence-electron chi connectivity index (χ4n) is 2.04. The Morgan fingerprint density at radius 2 is 1.88 bits per heavy atom. The molecule has 0 aliphatic heterocycles. The quantitative estimate of drug-likeness (QED) is 0.820. The van der Waals surface area contributed by atoms with Crippen molar-refractivity contribution >= 4 is 0 Å². The molecule has 1 heterocycles. The molecule has 1 rings (SSSR count). The molecule has 0 spiro atoms. The third-order valence-electron chi connectivity index (χ3n) is 2.91. The molecule has 0 fully saturated rings. The summed E-state index contributed by atoms with van der Waals surface area (Å²) < 4.78 is 1.99. The van der Waals surface area contributed by atoms with Gasteiger partial charge in [0.1, 0.15) is 5.69 Å². The maximum atomic E-state index is 10.3. The van der Waals surface area contributed by atoms with Gasteiger partial charge in [-0.15, -0.1) is 0 Å². The van der Waals surface area contributed by atoms with Gasteiger partial charge in [-0.25, -0.2) is 0 Å². The van der Waals surface area contributed by atoms with E-state index in [1.54, 1.807) is 0 Å². The van der Waals surface area contributed by atoms with E-state index in [9.17, 15) is 5.11 Å². The normalized spacial score (nSPS) is 11.7. The Kier molecular flexibility index (Phi) is 5.03. The van der Waals surface area contributed by atoms with Gasteiger partial charge in [0, 0.05) is 6.04 Å². The molecule has 0 amide bonds. The zero-order valence-electron chi connectivity index (χ0n) is 11.8. The predicted octanol–water partition coefficient (Wildman–Crippen LogP) is 3.71. The highest BCUT2D eigenvalue weighted by Crippen LogP contribution is 2.28. The summed E-state index contributed by atoms with van der Waals surface area (Å²) in [5.41, 5.74) is 1.87. The summed E-state index contributed by atoms with van der Waals surface area (Å²) >= 11 is 0. The second-order valence-corrected chi connectivity index (χ2v) is 5.48. The van der Waals surface area contributed by atoms with E-state index in [-0.39, 0.29) is 0 Å². The first-order valence-corrected chi connectivity index (χ1v) is 6.76. The minimum absolute atomic E-state index is 0.314. The van der Waals surface area contributed by atoms with Crippen molar-refractivity contribution in [2.75, 3.05) is 0 Å². The van der Waals surface area contributed by atoms with Crippen molar-refractivity contribution in [3.8, 4) is 5.75 Å². The topological polar surface area (TPSA) is 38.1 Å². The van der Waals surface area contributed by atoms with Gasteiger partial charge in [0.05, 0.1) is 5.69 Å². The molecule has 0 atom stereocenters. The molecular formula is C14H26N2O. The van der Waals surface area contributed by atoms with Gasteiger partial charge in [-0.3, -0.25) is 4.68 Å². The molecule has 0 aliphatic carbocycles. The van der Waals surface area contributed by atoms with Gasteiger partial charge >= 0.3 is 0 Å². The molecule has 0 aromatic carbocycles. The van der Waals surface area contributed by atoms with Crippen LogP contribution in [0.25, 0.3) is 0 Å². The van der Waals surface area contributed by atoms with E-state index < -0.39 is 0 Å². The lowest BCUT2D eigenvalue weighted by Gasteiger charge is -2.10. The number of nitrogens with zero attached hydrogens (tertiary/aromatic N) is 2. The highest BCUT2D eigenvalue weighted by molar-refractivity contribution is 5.33. The molecule has 0 unspecified atom stereocenters. The van der Waals surface area contributed by atoms with Gasteiger partial charge in [-0.2, -0.15) is 5.10 Å². The van der Waals surface area contributed by atoms with Crippen molar-refractivity contribution < 1.29 is 5.11 Å². The lowest BCUT2D eigenvalue weighted by Crippen LogP contribution is -2.08. The van der Waals surface area contributed by atoms with Crippen LogP contribution in [0.1, 0.15) is 64.9 Å². The second kappa shape index (κ2) is 6.08. The number of rotatable bonds is 6. The highest BCUT2D eigenvalue weighted by atomic mass is 16.3. The van der Waals surface area contributed by atoms with E-state index in [0.29, 0.717) is 17.7 Å². The number of hydrogen-bond donors (Lipinski definition) is 1. The number of aromatic nitrogens is 2. The van der Waals surface area contributed by atoms with E-state index in [2.05, 4.69) is 39.7 Å². The van der Waals surface area contributed by atoms with E-state index in [1.807, 2.05) is 4.68 Å². The first-order valence-electron chi connectivity index (χ1n) is 6.76. The van der Waals surface area contributed by atoms with Crippen LogP contribution in [0.3, 0.4) is 0 Å². The van der Waals surface area contributed by atoms with Crippen molar-refractivity contribution in [3.63, 3.8) is 0 Å². The first-order chi connectivity index (χ1) is 7.97. The molecule has 3 nitrogen and oxygen atoms in total. The number of unbranched alkanes of at least 4 members (excludes halogenated alkanes) is 1. The average molecular weight is 238 g/mol. The van der Waals surface area contributed by atoms with E-state index in [1.165, 1.54) is 0 Å². The minimum Gasteiger partial charge on any atom is -0.504 e. The van der Waals surface area contributed by atoms with Crippen LogP contribution >= 0.6 is 0 Å². The summed E-state index contributed by atoms with van der Waals surface area (Å²) in [4.78, 5) is 0. The summed E-state index contributed by atoms with van der Waals surface area (Å²) in [6, 6.07) is 0.314. The Hall–Kier alpha value is -0.990. The SMILES string of the molecule is CCCCc1c(O)c(CC(C)C)nn1C(C)C. The zero-order valence-corrected chi connectivity index (χ0v) is 11.8. The van der Waals surface area contributed by atoms with Gasteiger partial charge in [-0.05, 0) is 39.0 Å². The Labute approximate surface area is 105 Å². The number of hydrogen-bond acceptors (Lipinski definition) is 2. The third-order valence-corrected chi connectivity index (χ3v) is 2.91. The summed E-state index contributed by atoms with van der Waals surface area (Å²) in [7, 11) is 0. The fraction of sp³-hybridized carbons (Fsp3) is 0.786. The van der Waals surface area contributed by atoms with E-state index in [0.717, 1.165) is 37.1 Å². The molecule has 0 radical (unpaired) electrons. The summed E-state index contributed by atoms with van der Waals surface area (Å²) in [5.74, 6) is 0.955. The van der Waals surface area contributed by atoms with Gasteiger partial charge in [-0.1, -0.05) is 27.2 Å². The smallest absolute Gasteiger partial charge is 0.160 e. The summed E-state index contributed by atoms with van der Waals surface area (Å²) in [6.07, 6.45) is 4.02. The van der Waals surface area contributed by atoms with Gasteiger partial charge < -0.3 is 5.11 Å². The lowest BCUT2D eigenvalue weighted by molar-refractivity contribution is 0.447. The molecular weight excluding hydrogens is 212 g/mol. The van der Waals surface area contributed by atoms with Crippen molar-refractivity contribution in [2.45, 2.75) is 66.3 Å². The Morgan fingerprint density at radius 1 is 1.24 bits per heavy atom. The summed E-state index contributed by atoms with van der Waals surface area (Å²) in [6.45, 7) is 10.7. The Balaban J connectivity index is 3.02. The number of aromatic hydroxyl groups is 1. The predicted molar refractivity (Wildman–Crippen MR) is 71.4 cm³/mol. The Bertz CT molecular complexity index is 353. The molecule has 0 saturated carbocycles. The van der Waals surface area contributed by atoms with E-state index in [4.69, 9.17) is 0 Å². The van der Waals surface area contributed by atoms with Crippen molar-refractivity contribution in [2.24, 2.45) is 5.92 Å². The van der Waals surface area contributed by atoms with Crippen LogP contribution in [0, 0.1) is 5.92 Å². The van der Waals surface area contributed by atoms with Crippen LogP contribution in [-0.2, 0) is 12.8 Å². The van der Waals surface area contributed by atoms with Crippen molar-refractivity contribution in [1.82, 2.24) is 9.78 Å². The molecule has 0 aliphatic rings. The molecule has 1 aromatic heterocycles. The van der Waals surface area contributed by atoms with Gasteiger partial charge in [0.2, 0.25) is 0 Å². The minimum atomic E-state index is 0.314. The monoisotopic (exact) mass is 238 g/mol. The van der Waals surface area contributed by atoms with E-state index >= 15 is 0 Å². The zero-order chi connectivity index (χ0) is 13.0. The van der Waals surface area contributed by atoms with Crippen LogP contribution in [0.5, 0.6) is 5.75 Å². The summed E-state index contributed by atoms with van der Waals surface area (Å²) in [5, 5.41) is 14.8. The van der Waals surface area contributed by atoms with Gasteiger partial charge in [0.25, 0.3) is 0 Å². The molecule has 98 valence electrons. The molecule has 1 N–H and O–H groups in total. The first kappa shape index (κ1) is 14.1. The molecule has 0 saturated heterocycles. The maximum Gasteiger partial charge on any atom is 0.160 e. The standard InChI is InChI=1S/C14H26N2O/c1-6-7-8-13-14(17)12(9-10(2)3)15-16(13)11(4)5/h10-11,17H,6-9H2,1-5H3. The molecule has 0 bridgehead atoms. The lowest BCUT2D eigenvalue weighted by atomic mass is 10.1. The third kappa shape index (κ3) is 3.48. The maximum absolute atomic E-state index is 10.3. The highest BCUT2D eigenvalue weighted by Gasteiger charge is 2.18. The van der Waals surface area contributed by atoms with Crippen LogP contribution in [-0.4, -0.2) is 14.9 Å². The van der Waals surface area contributed by atoms with Crippen LogP contribution in [0.15, 0.2) is 0 Å². The molecule has 1 aromatic rings. The second-order valence-electron chi connectivity index (χ2n) is 5.48. The largest absolute Gasteiger partial charge is 0.504 e. The molecule has 17 heavy (non-hydrogen) atoms. The van der Waals surface area contributed by atoms with Crippen molar-refractivity contribution in [3.05, 3.63) is 11.4 Å². The van der Waals surface area contributed by atoms with Crippen LogP contribution in [0.4, 0.5) is 0 Å². The molecule has 3 heteroatoms. The van der Waals surface area contributed by atoms with Gasteiger partial charge in [0.15, 0.2) is 5.75 Å². The van der Waals surface area contributed by atoms with Crippen LogP contribution < -0.4 is 0 Å². The fourth-order valence-corrected chi connectivity index (χ4v) is 2.04. The Morgan fingerprint density at radius 3 is 2.35 bits per heavy atom. The average Bonchev–Trinajstić information content (AvgIpc) is 2.53. The van der Waals surface area contributed by atoms with Crippen molar-refractivity contribution in [1.29, 1.82) is 0 Å². The van der Waals surface area contributed by atoms with Crippen LogP contribution in [0.2, 0.25) is 0 Å².